The van der Waals surface area contributed by atoms with Crippen molar-refractivity contribution in [2.75, 3.05) is 0 Å². The van der Waals surface area contributed by atoms with Gasteiger partial charge >= 0.3 is 0 Å². The molecule has 21 heavy (non-hydrogen) atoms. The van der Waals surface area contributed by atoms with Gasteiger partial charge in [0.05, 0.1) is 11.6 Å². The molecule has 1 atom stereocenters. The van der Waals surface area contributed by atoms with Crippen LogP contribution in [0.5, 0.6) is 0 Å². The summed E-state index contributed by atoms with van der Waals surface area (Å²) in [5.41, 5.74) is 0.751. The highest BCUT2D eigenvalue weighted by atomic mass is 19.1. The lowest BCUT2D eigenvalue weighted by Crippen LogP contribution is -2.37. The lowest BCUT2D eigenvalue weighted by atomic mass is 9.82. The number of halogens is 1. The minimum absolute atomic E-state index is 0.0392. The molecule has 0 saturated carbocycles. The predicted molar refractivity (Wildman–Crippen MR) is 80.3 cm³/mol. The van der Waals surface area contributed by atoms with E-state index in [1.807, 2.05) is 51.1 Å². The molecule has 1 aromatic heterocycles. The van der Waals surface area contributed by atoms with Crippen LogP contribution in [0.25, 0.3) is 0 Å². The molecule has 0 aliphatic rings. The Labute approximate surface area is 124 Å². The van der Waals surface area contributed by atoms with Gasteiger partial charge in [-0.2, -0.15) is 4.39 Å². The van der Waals surface area contributed by atoms with E-state index in [2.05, 4.69) is 10.3 Å². The van der Waals surface area contributed by atoms with Gasteiger partial charge in [0.1, 0.15) is 0 Å². The minimum Gasteiger partial charge on any atom is -0.345 e. The van der Waals surface area contributed by atoms with Crippen LogP contribution >= 0.6 is 0 Å². The zero-order chi connectivity index (χ0) is 15.5. The molecular weight excluding hydrogens is 267 g/mol. The van der Waals surface area contributed by atoms with Gasteiger partial charge in [0, 0.05) is 6.20 Å². The molecule has 2 rings (SSSR count). The molecule has 1 heterocycles. The summed E-state index contributed by atoms with van der Waals surface area (Å²) in [6.45, 7) is 6.10. The smallest absolute Gasteiger partial charge is 0.256 e. The molecule has 1 unspecified atom stereocenters. The Bertz CT molecular complexity index is 620. The summed E-state index contributed by atoms with van der Waals surface area (Å²) >= 11 is 0. The first-order chi connectivity index (χ1) is 9.89. The largest absolute Gasteiger partial charge is 0.345 e. The minimum atomic E-state index is -0.754. The number of rotatable bonds is 3. The van der Waals surface area contributed by atoms with Crippen LogP contribution in [0.1, 0.15) is 42.7 Å². The van der Waals surface area contributed by atoms with Crippen molar-refractivity contribution in [2.24, 2.45) is 5.41 Å². The number of amides is 1. The van der Waals surface area contributed by atoms with Crippen LogP contribution in [0.3, 0.4) is 0 Å². The lowest BCUT2D eigenvalue weighted by Gasteiger charge is -2.32. The van der Waals surface area contributed by atoms with E-state index in [0.717, 1.165) is 5.56 Å². The van der Waals surface area contributed by atoms with Crippen molar-refractivity contribution >= 4 is 5.91 Å². The van der Waals surface area contributed by atoms with E-state index < -0.39 is 11.9 Å². The Hall–Kier alpha value is -2.23. The van der Waals surface area contributed by atoms with Crippen molar-refractivity contribution in [1.29, 1.82) is 0 Å². The summed E-state index contributed by atoms with van der Waals surface area (Å²) in [5, 5.41) is 2.91. The SMILES string of the molecule is CC(C)(C)C(NC(=O)c1cccnc1F)c1ccccc1. The Morgan fingerprint density at radius 1 is 1.14 bits per heavy atom. The normalized spacial score (nSPS) is 12.8. The first-order valence-corrected chi connectivity index (χ1v) is 6.86. The van der Waals surface area contributed by atoms with E-state index in [9.17, 15) is 9.18 Å². The maximum absolute atomic E-state index is 13.6. The molecule has 0 saturated heterocycles. The Kier molecular flexibility index (Phi) is 4.36. The van der Waals surface area contributed by atoms with Gasteiger partial charge in [0.25, 0.3) is 5.91 Å². The van der Waals surface area contributed by atoms with Crippen LogP contribution in [-0.2, 0) is 0 Å². The third-order valence-corrected chi connectivity index (χ3v) is 3.28. The molecule has 0 aliphatic heterocycles. The fourth-order valence-corrected chi connectivity index (χ4v) is 2.21. The number of benzene rings is 1. The van der Waals surface area contributed by atoms with E-state index in [0.29, 0.717) is 0 Å². The number of nitrogens with zero attached hydrogens (tertiary/aromatic N) is 1. The molecular formula is C17H19FN2O. The van der Waals surface area contributed by atoms with Crippen LogP contribution in [0.2, 0.25) is 0 Å². The average molecular weight is 286 g/mol. The van der Waals surface area contributed by atoms with Gasteiger partial charge in [0.15, 0.2) is 0 Å². The number of hydrogen-bond donors (Lipinski definition) is 1. The van der Waals surface area contributed by atoms with Gasteiger partial charge in [-0.3, -0.25) is 4.79 Å². The summed E-state index contributed by atoms with van der Waals surface area (Å²) in [5.74, 6) is -1.21. The standard InChI is InChI=1S/C17H19FN2O/c1-17(2,3)14(12-8-5-4-6-9-12)20-16(21)13-10-7-11-19-15(13)18/h4-11,14H,1-3H3,(H,20,21). The zero-order valence-corrected chi connectivity index (χ0v) is 12.4. The molecule has 0 radical (unpaired) electrons. The van der Waals surface area contributed by atoms with Crippen LogP contribution < -0.4 is 5.32 Å². The summed E-state index contributed by atoms with van der Waals surface area (Å²) < 4.78 is 13.6. The summed E-state index contributed by atoms with van der Waals surface area (Å²) in [6, 6.07) is 12.4. The summed E-state index contributed by atoms with van der Waals surface area (Å²) in [4.78, 5) is 15.8. The molecule has 1 aromatic carbocycles. The van der Waals surface area contributed by atoms with Crippen LogP contribution in [0, 0.1) is 11.4 Å². The summed E-state index contributed by atoms with van der Waals surface area (Å²) in [7, 11) is 0. The van der Waals surface area contributed by atoms with Gasteiger partial charge < -0.3 is 5.32 Å². The second-order valence-electron chi connectivity index (χ2n) is 6.02. The quantitative estimate of drug-likeness (QED) is 0.873. The van der Waals surface area contributed by atoms with Crippen LogP contribution in [-0.4, -0.2) is 10.9 Å². The van der Waals surface area contributed by atoms with Crippen molar-refractivity contribution in [3.05, 3.63) is 65.7 Å². The maximum Gasteiger partial charge on any atom is 0.256 e. The molecule has 0 aliphatic carbocycles. The van der Waals surface area contributed by atoms with Crippen LogP contribution in [0.4, 0.5) is 4.39 Å². The van der Waals surface area contributed by atoms with Gasteiger partial charge in [-0.15, -0.1) is 0 Å². The van der Waals surface area contributed by atoms with Crippen molar-refractivity contribution in [1.82, 2.24) is 10.3 Å². The van der Waals surface area contributed by atoms with E-state index >= 15 is 0 Å². The van der Waals surface area contributed by atoms with Crippen molar-refractivity contribution < 1.29 is 9.18 Å². The first kappa shape index (κ1) is 15.2. The van der Waals surface area contributed by atoms with E-state index in [1.54, 1.807) is 6.07 Å². The highest BCUT2D eigenvalue weighted by Crippen LogP contribution is 2.32. The number of carbonyl (C=O) groups is 1. The number of aromatic nitrogens is 1. The molecule has 1 N–H and O–H groups in total. The van der Waals surface area contributed by atoms with Gasteiger partial charge in [-0.05, 0) is 23.1 Å². The number of nitrogens with one attached hydrogen (secondary N) is 1. The number of pyridine rings is 1. The lowest BCUT2D eigenvalue weighted by molar-refractivity contribution is 0.0896. The highest BCUT2D eigenvalue weighted by Gasteiger charge is 2.28. The molecule has 1 amide bonds. The molecule has 0 spiro atoms. The van der Waals surface area contributed by atoms with E-state index in [-0.39, 0.29) is 17.0 Å². The Balaban J connectivity index is 2.29. The van der Waals surface area contributed by atoms with Gasteiger partial charge in [0.2, 0.25) is 5.95 Å². The second-order valence-corrected chi connectivity index (χ2v) is 6.02. The summed E-state index contributed by atoms with van der Waals surface area (Å²) in [6.07, 6.45) is 1.32. The monoisotopic (exact) mass is 286 g/mol. The third kappa shape index (κ3) is 3.66. The fraction of sp³-hybridized carbons (Fsp3) is 0.294. The molecule has 3 nitrogen and oxygen atoms in total. The van der Waals surface area contributed by atoms with Crippen molar-refractivity contribution in [3.8, 4) is 0 Å². The third-order valence-electron chi connectivity index (χ3n) is 3.28. The zero-order valence-electron chi connectivity index (χ0n) is 12.4. The number of carbonyl (C=O) groups excluding carboxylic acids is 1. The maximum atomic E-state index is 13.6. The fourth-order valence-electron chi connectivity index (χ4n) is 2.21. The molecule has 2 aromatic rings. The average Bonchev–Trinajstić information content (AvgIpc) is 2.44. The van der Waals surface area contributed by atoms with Crippen LogP contribution in [0.15, 0.2) is 48.7 Å². The van der Waals surface area contributed by atoms with Crippen molar-refractivity contribution in [3.63, 3.8) is 0 Å². The highest BCUT2D eigenvalue weighted by molar-refractivity contribution is 5.94. The molecule has 0 bridgehead atoms. The van der Waals surface area contributed by atoms with E-state index in [1.165, 1.54) is 12.3 Å². The molecule has 110 valence electrons. The first-order valence-electron chi connectivity index (χ1n) is 6.86. The molecule has 4 heteroatoms. The van der Waals surface area contributed by atoms with E-state index in [4.69, 9.17) is 0 Å². The topological polar surface area (TPSA) is 42.0 Å². The Morgan fingerprint density at radius 3 is 2.38 bits per heavy atom. The number of hydrogen-bond acceptors (Lipinski definition) is 2. The second kappa shape index (κ2) is 6.04. The molecule has 0 fully saturated rings. The van der Waals surface area contributed by atoms with Crippen molar-refractivity contribution in [2.45, 2.75) is 26.8 Å². The van der Waals surface area contributed by atoms with Gasteiger partial charge in [-0.25, -0.2) is 4.98 Å². The predicted octanol–water partition coefficient (Wildman–Crippen LogP) is 3.74. The Morgan fingerprint density at radius 2 is 1.81 bits per heavy atom. The van der Waals surface area contributed by atoms with Gasteiger partial charge in [-0.1, -0.05) is 51.1 Å².